The third kappa shape index (κ3) is 6.65. The van der Waals surface area contributed by atoms with Crippen molar-refractivity contribution in [2.75, 3.05) is 13.7 Å². The molecule has 1 aromatic rings. The second kappa shape index (κ2) is 10.4. The van der Waals surface area contributed by atoms with Gasteiger partial charge in [0.1, 0.15) is 5.75 Å². The van der Waals surface area contributed by atoms with Crippen LogP contribution >= 0.6 is 0 Å². The zero-order valence-corrected chi connectivity index (χ0v) is 13.2. The molecule has 0 amide bonds. The second-order valence-electron chi connectivity index (χ2n) is 5.17. The summed E-state index contributed by atoms with van der Waals surface area (Å²) >= 11 is 0. The lowest BCUT2D eigenvalue weighted by molar-refractivity contribution is 0.241. The van der Waals surface area contributed by atoms with Gasteiger partial charge in [0.25, 0.3) is 0 Å². The molecule has 0 aliphatic rings. The molecule has 0 aliphatic carbocycles. The van der Waals surface area contributed by atoms with Crippen molar-refractivity contribution in [3.8, 4) is 5.75 Å². The van der Waals surface area contributed by atoms with Gasteiger partial charge in [-0.25, -0.2) is 0 Å². The van der Waals surface area contributed by atoms with Crippen molar-refractivity contribution in [1.82, 2.24) is 0 Å². The predicted octanol–water partition coefficient (Wildman–Crippen LogP) is 5.43. The summed E-state index contributed by atoms with van der Waals surface area (Å²) in [4.78, 5) is 0. The Morgan fingerprint density at radius 2 is 1.65 bits per heavy atom. The molecule has 0 aliphatic heterocycles. The topological polar surface area (TPSA) is 18.5 Å². The van der Waals surface area contributed by atoms with E-state index in [1.54, 1.807) is 7.11 Å². The lowest BCUT2D eigenvalue weighted by Gasteiger charge is -2.05. The van der Waals surface area contributed by atoms with Crippen LogP contribution < -0.4 is 4.74 Å². The van der Waals surface area contributed by atoms with Crippen LogP contribution in [0.2, 0.25) is 0 Å². The molecule has 0 N–H and O–H groups in total. The zero-order valence-electron chi connectivity index (χ0n) is 13.2. The molecule has 0 radical (unpaired) electrons. The molecule has 0 spiro atoms. The van der Waals surface area contributed by atoms with E-state index in [4.69, 9.17) is 9.47 Å². The van der Waals surface area contributed by atoms with Crippen molar-refractivity contribution >= 4 is 5.57 Å². The van der Waals surface area contributed by atoms with E-state index in [0.29, 0.717) is 0 Å². The second-order valence-corrected chi connectivity index (χ2v) is 5.17. The fourth-order valence-electron chi connectivity index (χ4n) is 2.07. The Morgan fingerprint density at radius 3 is 2.30 bits per heavy atom. The van der Waals surface area contributed by atoms with Gasteiger partial charge >= 0.3 is 0 Å². The van der Waals surface area contributed by atoms with E-state index in [1.165, 1.54) is 37.7 Å². The normalized spacial score (nSPS) is 11.4. The Bertz CT molecular complexity index is 379. The molecule has 1 aromatic carbocycles. The quantitative estimate of drug-likeness (QED) is 0.419. The van der Waals surface area contributed by atoms with Crippen LogP contribution in [-0.4, -0.2) is 13.7 Å². The van der Waals surface area contributed by atoms with Crippen molar-refractivity contribution in [1.29, 1.82) is 0 Å². The number of unbranched alkanes of at least 4 members (excludes halogenated alkanes) is 5. The van der Waals surface area contributed by atoms with Crippen LogP contribution in [0.5, 0.6) is 5.75 Å². The van der Waals surface area contributed by atoms with Crippen LogP contribution in [0, 0.1) is 0 Å². The smallest absolute Gasteiger partial charge is 0.118 e. The summed E-state index contributed by atoms with van der Waals surface area (Å²) in [6, 6.07) is 8.05. The van der Waals surface area contributed by atoms with E-state index in [0.717, 1.165) is 24.4 Å². The van der Waals surface area contributed by atoms with Gasteiger partial charge in [-0.2, -0.15) is 0 Å². The first-order valence-electron chi connectivity index (χ1n) is 7.70. The van der Waals surface area contributed by atoms with Crippen molar-refractivity contribution in [3.05, 3.63) is 36.1 Å². The van der Waals surface area contributed by atoms with E-state index in [2.05, 4.69) is 26.0 Å². The molecule has 0 atom stereocenters. The van der Waals surface area contributed by atoms with Crippen LogP contribution in [0.1, 0.15) is 57.9 Å². The molecule has 0 saturated heterocycles. The fraction of sp³-hybridized carbons (Fsp3) is 0.556. The summed E-state index contributed by atoms with van der Waals surface area (Å²) in [5.74, 6) is 0.884. The summed E-state index contributed by atoms with van der Waals surface area (Å²) in [7, 11) is 1.68. The van der Waals surface area contributed by atoms with Gasteiger partial charge in [-0.15, -0.1) is 0 Å². The monoisotopic (exact) mass is 276 g/mol. The Morgan fingerprint density at radius 1 is 1.00 bits per heavy atom. The van der Waals surface area contributed by atoms with Crippen molar-refractivity contribution in [2.45, 2.75) is 52.4 Å². The number of rotatable bonds is 10. The molecule has 0 heterocycles. The summed E-state index contributed by atoms with van der Waals surface area (Å²) in [6.07, 6.45) is 9.65. The molecule has 2 heteroatoms. The molecule has 112 valence electrons. The first-order chi connectivity index (χ1) is 9.77. The van der Waals surface area contributed by atoms with Crippen LogP contribution in [-0.2, 0) is 4.74 Å². The standard InChI is InChI=1S/C18H28O2/c1-4-5-6-7-8-9-14-20-15-16(2)17-10-12-18(19-3)13-11-17/h10-13,15H,4-9,14H2,1-3H3. The molecule has 20 heavy (non-hydrogen) atoms. The van der Waals surface area contributed by atoms with Crippen LogP contribution in [0.25, 0.3) is 5.57 Å². The van der Waals surface area contributed by atoms with E-state index in [1.807, 2.05) is 18.4 Å². The molecule has 0 bridgehead atoms. The maximum Gasteiger partial charge on any atom is 0.118 e. The number of methoxy groups -OCH3 is 1. The molecular weight excluding hydrogens is 248 g/mol. The Labute approximate surface area is 123 Å². The van der Waals surface area contributed by atoms with Gasteiger partial charge in [0.2, 0.25) is 0 Å². The zero-order chi connectivity index (χ0) is 14.6. The van der Waals surface area contributed by atoms with Crippen LogP contribution in [0.4, 0.5) is 0 Å². The van der Waals surface area contributed by atoms with E-state index < -0.39 is 0 Å². The maximum absolute atomic E-state index is 5.62. The molecule has 2 nitrogen and oxygen atoms in total. The molecule has 0 aromatic heterocycles. The first-order valence-corrected chi connectivity index (χ1v) is 7.70. The highest BCUT2D eigenvalue weighted by atomic mass is 16.5. The lowest BCUT2D eigenvalue weighted by atomic mass is 10.1. The highest BCUT2D eigenvalue weighted by molar-refractivity contribution is 5.63. The summed E-state index contributed by atoms with van der Waals surface area (Å²) < 4.78 is 10.8. The maximum atomic E-state index is 5.62. The fourth-order valence-corrected chi connectivity index (χ4v) is 2.07. The Hall–Kier alpha value is -1.44. The van der Waals surface area contributed by atoms with E-state index in [-0.39, 0.29) is 0 Å². The van der Waals surface area contributed by atoms with Gasteiger partial charge in [-0.05, 0) is 36.6 Å². The molecule has 0 saturated carbocycles. The Kier molecular flexibility index (Phi) is 8.61. The summed E-state index contributed by atoms with van der Waals surface area (Å²) in [5.41, 5.74) is 2.33. The van der Waals surface area contributed by atoms with Gasteiger partial charge in [0, 0.05) is 0 Å². The number of ether oxygens (including phenoxy) is 2. The predicted molar refractivity (Wildman–Crippen MR) is 86.0 cm³/mol. The third-order valence-electron chi connectivity index (χ3n) is 3.42. The molecular formula is C18H28O2. The average molecular weight is 276 g/mol. The van der Waals surface area contributed by atoms with Gasteiger partial charge in [-0.1, -0.05) is 51.2 Å². The van der Waals surface area contributed by atoms with Gasteiger partial charge in [-0.3, -0.25) is 0 Å². The third-order valence-corrected chi connectivity index (χ3v) is 3.42. The van der Waals surface area contributed by atoms with Crippen LogP contribution in [0.15, 0.2) is 30.5 Å². The largest absolute Gasteiger partial charge is 0.501 e. The van der Waals surface area contributed by atoms with Gasteiger partial charge in [0.05, 0.1) is 20.0 Å². The van der Waals surface area contributed by atoms with Crippen LogP contribution in [0.3, 0.4) is 0 Å². The van der Waals surface area contributed by atoms with E-state index in [9.17, 15) is 0 Å². The Balaban J connectivity index is 2.20. The highest BCUT2D eigenvalue weighted by Gasteiger charge is 1.97. The molecule has 0 unspecified atom stereocenters. The average Bonchev–Trinajstić information content (AvgIpc) is 2.50. The number of benzene rings is 1. The minimum absolute atomic E-state index is 0.819. The van der Waals surface area contributed by atoms with Gasteiger partial charge < -0.3 is 9.47 Å². The first kappa shape index (κ1) is 16.6. The highest BCUT2D eigenvalue weighted by Crippen LogP contribution is 2.18. The molecule has 0 fully saturated rings. The number of hydrogen-bond acceptors (Lipinski definition) is 2. The van der Waals surface area contributed by atoms with Crippen molar-refractivity contribution in [3.63, 3.8) is 0 Å². The van der Waals surface area contributed by atoms with E-state index >= 15 is 0 Å². The van der Waals surface area contributed by atoms with Gasteiger partial charge in [0.15, 0.2) is 0 Å². The number of hydrogen-bond donors (Lipinski definition) is 0. The van der Waals surface area contributed by atoms with Crippen molar-refractivity contribution in [2.24, 2.45) is 0 Å². The minimum Gasteiger partial charge on any atom is -0.501 e. The SMILES string of the molecule is CCCCCCCCOC=C(C)c1ccc(OC)cc1. The minimum atomic E-state index is 0.819. The summed E-state index contributed by atoms with van der Waals surface area (Å²) in [5, 5.41) is 0. The molecule has 1 rings (SSSR count). The number of allylic oxidation sites excluding steroid dienone is 1. The summed E-state index contributed by atoms with van der Waals surface area (Å²) in [6.45, 7) is 5.14. The van der Waals surface area contributed by atoms with Crippen molar-refractivity contribution < 1.29 is 9.47 Å². The lowest BCUT2D eigenvalue weighted by Crippen LogP contribution is -1.90.